The van der Waals surface area contributed by atoms with Gasteiger partial charge in [0.1, 0.15) is 5.75 Å². The molecule has 0 saturated heterocycles. The van der Waals surface area contributed by atoms with Crippen LogP contribution in [0.15, 0.2) is 6.07 Å². The van der Waals surface area contributed by atoms with E-state index in [0.717, 1.165) is 5.75 Å². The molecule has 0 radical (unpaired) electrons. The summed E-state index contributed by atoms with van der Waals surface area (Å²) < 4.78 is 6.29. The SMILES string of the molecule is COc1cc(P)sc1C. The van der Waals surface area contributed by atoms with Gasteiger partial charge in [0.05, 0.1) is 7.11 Å². The maximum atomic E-state index is 5.06. The van der Waals surface area contributed by atoms with Crippen LogP contribution in [0, 0.1) is 6.92 Å². The maximum absolute atomic E-state index is 5.06. The monoisotopic (exact) mass is 160 g/mol. The highest BCUT2D eigenvalue weighted by atomic mass is 32.1. The highest BCUT2D eigenvalue weighted by Gasteiger charge is 1.99. The molecule has 1 unspecified atom stereocenters. The van der Waals surface area contributed by atoms with Gasteiger partial charge in [0.25, 0.3) is 0 Å². The molecule has 0 N–H and O–H groups in total. The smallest absolute Gasteiger partial charge is 0.133 e. The maximum Gasteiger partial charge on any atom is 0.133 e. The molecular weight excluding hydrogens is 151 g/mol. The molecule has 1 heterocycles. The predicted molar refractivity (Wildman–Crippen MR) is 45.0 cm³/mol. The lowest BCUT2D eigenvalue weighted by atomic mass is 10.5. The van der Waals surface area contributed by atoms with Crippen LogP contribution < -0.4 is 9.36 Å². The summed E-state index contributed by atoms with van der Waals surface area (Å²) in [7, 11) is 4.35. The van der Waals surface area contributed by atoms with Crippen LogP contribution in [-0.4, -0.2) is 7.11 Å². The number of methoxy groups -OCH3 is 1. The zero-order valence-electron chi connectivity index (χ0n) is 5.47. The van der Waals surface area contributed by atoms with Crippen molar-refractivity contribution in [1.82, 2.24) is 0 Å². The molecule has 0 amide bonds. The Hall–Kier alpha value is -0.0700. The fraction of sp³-hybridized carbons (Fsp3) is 0.333. The quantitative estimate of drug-likeness (QED) is 0.566. The molecule has 1 aromatic heterocycles. The van der Waals surface area contributed by atoms with Gasteiger partial charge in [0.2, 0.25) is 0 Å². The molecule has 0 aliphatic rings. The van der Waals surface area contributed by atoms with Crippen molar-refractivity contribution in [3.8, 4) is 5.75 Å². The molecule has 0 fully saturated rings. The third-order valence-corrected chi connectivity index (χ3v) is 2.49. The molecule has 0 bridgehead atoms. The molecule has 0 spiro atoms. The van der Waals surface area contributed by atoms with Crippen LogP contribution >= 0.6 is 20.6 Å². The topological polar surface area (TPSA) is 9.23 Å². The van der Waals surface area contributed by atoms with Crippen molar-refractivity contribution in [1.29, 1.82) is 0 Å². The zero-order valence-corrected chi connectivity index (χ0v) is 7.44. The molecule has 9 heavy (non-hydrogen) atoms. The van der Waals surface area contributed by atoms with E-state index in [9.17, 15) is 0 Å². The first kappa shape index (κ1) is 7.04. The Morgan fingerprint density at radius 2 is 2.33 bits per heavy atom. The van der Waals surface area contributed by atoms with Crippen molar-refractivity contribution < 1.29 is 4.74 Å². The lowest BCUT2D eigenvalue weighted by Crippen LogP contribution is -1.80. The van der Waals surface area contributed by atoms with Crippen molar-refractivity contribution in [2.75, 3.05) is 7.11 Å². The van der Waals surface area contributed by atoms with Gasteiger partial charge in [0.15, 0.2) is 0 Å². The second kappa shape index (κ2) is 2.68. The Morgan fingerprint density at radius 1 is 1.67 bits per heavy atom. The summed E-state index contributed by atoms with van der Waals surface area (Å²) in [5.74, 6) is 0.991. The average Bonchev–Trinajstić information content (AvgIpc) is 2.10. The Labute approximate surface area is 61.2 Å². The first-order valence-corrected chi connectivity index (χ1v) is 4.03. The van der Waals surface area contributed by atoms with Crippen molar-refractivity contribution in [3.05, 3.63) is 10.9 Å². The van der Waals surface area contributed by atoms with Crippen LogP contribution in [-0.2, 0) is 0 Å². The van der Waals surface area contributed by atoms with Crippen LogP contribution in [0.5, 0.6) is 5.75 Å². The molecular formula is C6H9OPS. The van der Waals surface area contributed by atoms with Crippen LogP contribution in [0.4, 0.5) is 0 Å². The summed E-state index contributed by atoms with van der Waals surface area (Å²) in [6, 6.07) is 2.02. The average molecular weight is 160 g/mol. The number of aryl methyl sites for hydroxylation is 1. The van der Waals surface area contributed by atoms with Gasteiger partial charge in [-0.05, 0) is 13.0 Å². The van der Waals surface area contributed by atoms with E-state index in [4.69, 9.17) is 4.74 Å². The first-order valence-electron chi connectivity index (χ1n) is 2.64. The Morgan fingerprint density at radius 3 is 2.56 bits per heavy atom. The minimum atomic E-state index is 0.991. The second-order valence-corrected chi connectivity index (χ2v) is 4.10. The lowest BCUT2D eigenvalue weighted by Gasteiger charge is -1.92. The van der Waals surface area contributed by atoms with Crippen LogP contribution in [0.25, 0.3) is 0 Å². The number of hydrogen-bond acceptors (Lipinski definition) is 2. The van der Waals surface area contributed by atoms with Crippen molar-refractivity contribution in [2.24, 2.45) is 0 Å². The summed E-state index contributed by atoms with van der Waals surface area (Å²) >= 11 is 1.73. The Balaban J connectivity index is 3.01. The fourth-order valence-electron chi connectivity index (χ4n) is 0.690. The number of hydrogen-bond donors (Lipinski definition) is 0. The van der Waals surface area contributed by atoms with E-state index >= 15 is 0 Å². The Kier molecular flexibility index (Phi) is 2.09. The molecule has 1 nitrogen and oxygen atoms in total. The van der Waals surface area contributed by atoms with Gasteiger partial charge in [-0.15, -0.1) is 11.3 Å². The molecule has 0 aromatic carbocycles. The van der Waals surface area contributed by atoms with E-state index in [1.54, 1.807) is 18.4 Å². The minimum Gasteiger partial charge on any atom is -0.496 e. The second-order valence-electron chi connectivity index (χ2n) is 1.77. The van der Waals surface area contributed by atoms with Gasteiger partial charge < -0.3 is 4.74 Å². The van der Waals surface area contributed by atoms with Gasteiger partial charge in [-0.2, -0.15) is 0 Å². The molecule has 0 aliphatic heterocycles. The van der Waals surface area contributed by atoms with E-state index in [-0.39, 0.29) is 0 Å². The third-order valence-electron chi connectivity index (χ3n) is 1.11. The number of thiophene rings is 1. The molecule has 0 aliphatic carbocycles. The van der Waals surface area contributed by atoms with E-state index < -0.39 is 0 Å². The number of rotatable bonds is 1. The molecule has 50 valence electrons. The van der Waals surface area contributed by atoms with E-state index in [1.807, 2.05) is 6.07 Å². The lowest BCUT2D eigenvalue weighted by molar-refractivity contribution is 0.414. The van der Waals surface area contributed by atoms with Crippen molar-refractivity contribution in [2.45, 2.75) is 6.92 Å². The third kappa shape index (κ3) is 1.44. The largest absolute Gasteiger partial charge is 0.496 e. The fourth-order valence-corrected chi connectivity index (χ4v) is 2.13. The predicted octanol–water partition coefficient (Wildman–Crippen LogP) is 1.57. The molecule has 3 heteroatoms. The summed E-state index contributed by atoms with van der Waals surface area (Å²) in [5.41, 5.74) is 0. The molecule has 0 saturated carbocycles. The zero-order chi connectivity index (χ0) is 6.85. The van der Waals surface area contributed by atoms with Gasteiger partial charge in [0, 0.05) is 9.50 Å². The number of ether oxygens (including phenoxy) is 1. The summed E-state index contributed by atoms with van der Waals surface area (Å²) in [6.45, 7) is 2.05. The van der Waals surface area contributed by atoms with E-state index in [0.29, 0.717) is 0 Å². The van der Waals surface area contributed by atoms with Crippen molar-refractivity contribution >= 4 is 25.2 Å². The first-order chi connectivity index (χ1) is 4.24. The standard InChI is InChI=1S/C6H9OPS/c1-4-5(7-2)3-6(8)9-4/h3H,8H2,1-2H3. The van der Waals surface area contributed by atoms with Gasteiger partial charge in [-0.25, -0.2) is 0 Å². The molecule has 1 rings (SSSR count). The molecule has 1 atom stereocenters. The van der Waals surface area contributed by atoms with E-state index in [2.05, 4.69) is 16.2 Å². The van der Waals surface area contributed by atoms with Crippen LogP contribution in [0.3, 0.4) is 0 Å². The van der Waals surface area contributed by atoms with Gasteiger partial charge >= 0.3 is 0 Å². The van der Waals surface area contributed by atoms with Crippen LogP contribution in [0.1, 0.15) is 4.88 Å². The van der Waals surface area contributed by atoms with Gasteiger partial charge in [-0.1, -0.05) is 9.24 Å². The van der Waals surface area contributed by atoms with Crippen molar-refractivity contribution in [3.63, 3.8) is 0 Å². The molecule has 1 aromatic rings. The van der Waals surface area contributed by atoms with Crippen LogP contribution in [0.2, 0.25) is 0 Å². The highest BCUT2D eigenvalue weighted by molar-refractivity contribution is 7.43. The summed E-state index contributed by atoms with van der Waals surface area (Å²) in [4.78, 5) is 1.24. The van der Waals surface area contributed by atoms with Gasteiger partial charge in [-0.3, -0.25) is 0 Å². The summed E-state index contributed by atoms with van der Waals surface area (Å²) in [6.07, 6.45) is 0. The highest BCUT2D eigenvalue weighted by Crippen LogP contribution is 2.22. The van der Waals surface area contributed by atoms with E-state index in [1.165, 1.54) is 9.50 Å². The summed E-state index contributed by atoms with van der Waals surface area (Å²) in [5, 5.41) is 0. The Bertz CT molecular complexity index is 207. The normalized spacial score (nSPS) is 9.67. The minimum absolute atomic E-state index is 0.991.